The van der Waals surface area contributed by atoms with Gasteiger partial charge in [0.05, 0.1) is 19.5 Å². The molecular weight excluding hydrogens is 216 g/mol. The van der Waals surface area contributed by atoms with Gasteiger partial charge in [0.15, 0.2) is 0 Å². The molecule has 1 fully saturated rings. The molecule has 2 N–H and O–H groups in total. The second kappa shape index (κ2) is 5.79. The van der Waals surface area contributed by atoms with Gasteiger partial charge in [-0.1, -0.05) is 0 Å². The Morgan fingerprint density at radius 3 is 2.87 bits per heavy atom. The summed E-state index contributed by atoms with van der Waals surface area (Å²) in [5.74, 6) is 0.319. The lowest BCUT2D eigenvalue weighted by atomic mass is 10.0. The van der Waals surface area contributed by atoms with Crippen LogP contribution in [0.15, 0.2) is 0 Å². The van der Waals surface area contributed by atoms with Gasteiger partial charge in [-0.2, -0.15) is 0 Å². The quantitative estimate of drug-likeness (QED) is 0.661. The summed E-state index contributed by atoms with van der Waals surface area (Å²) in [4.78, 5) is 0. The summed E-state index contributed by atoms with van der Waals surface area (Å²) in [7, 11) is -3.04. The number of rotatable bonds is 5. The van der Waals surface area contributed by atoms with Gasteiger partial charge >= 0.3 is 0 Å². The molecule has 6 heteroatoms. The SMILES string of the molecule is CS(=O)(=O)N1CCCC(COCCN)C1. The van der Waals surface area contributed by atoms with Crippen LogP contribution in [0.3, 0.4) is 0 Å². The van der Waals surface area contributed by atoms with E-state index in [0.717, 1.165) is 12.8 Å². The van der Waals surface area contributed by atoms with E-state index >= 15 is 0 Å². The normalized spacial score (nSPS) is 24.3. The molecule has 0 bridgehead atoms. The Labute approximate surface area is 91.6 Å². The van der Waals surface area contributed by atoms with Gasteiger partial charge in [-0.15, -0.1) is 0 Å². The molecular formula is C9H20N2O3S. The van der Waals surface area contributed by atoms with Crippen molar-refractivity contribution in [2.24, 2.45) is 11.7 Å². The fourth-order valence-corrected chi connectivity index (χ4v) is 2.74. The van der Waals surface area contributed by atoms with Crippen molar-refractivity contribution in [2.75, 3.05) is 39.1 Å². The van der Waals surface area contributed by atoms with Gasteiger partial charge in [0.1, 0.15) is 0 Å². The summed E-state index contributed by atoms with van der Waals surface area (Å²) in [6.45, 7) is 2.91. The van der Waals surface area contributed by atoms with Crippen molar-refractivity contribution >= 4 is 10.0 Å². The van der Waals surface area contributed by atoms with Crippen molar-refractivity contribution < 1.29 is 13.2 Å². The highest BCUT2D eigenvalue weighted by Crippen LogP contribution is 2.18. The fourth-order valence-electron chi connectivity index (χ4n) is 1.80. The number of ether oxygens (including phenoxy) is 1. The van der Waals surface area contributed by atoms with Gasteiger partial charge in [0.2, 0.25) is 10.0 Å². The zero-order valence-electron chi connectivity index (χ0n) is 9.18. The molecule has 1 rings (SSSR count). The summed E-state index contributed by atoms with van der Waals surface area (Å²) < 4.78 is 29.5. The number of nitrogens with two attached hydrogens (primary N) is 1. The van der Waals surface area contributed by atoms with Crippen molar-refractivity contribution in [3.63, 3.8) is 0 Å². The first-order valence-corrected chi connectivity index (χ1v) is 7.12. The third-order valence-corrected chi connectivity index (χ3v) is 3.84. The molecule has 0 aromatic carbocycles. The lowest BCUT2D eigenvalue weighted by molar-refractivity contribution is 0.0828. The Hall–Kier alpha value is -0.170. The topological polar surface area (TPSA) is 72.6 Å². The van der Waals surface area contributed by atoms with Crippen LogP contribution in [0.2, 0.25) is 0 Å². The van der Waals surface area contributed by atoms with E-state index in [9.17, 15) is 8.42 Å². The Bertz CT molecular complexity index is 279. The van der Waals surface area contributed by atoms with Crippen molar-refractivity contribution in [1.29, 1.82) is 0 Å². The van der Waals surface area contributed by atoms with E-state index in [1.165, 1.54) is 10.6 Å². The molecule has 0 aliphatic carbocycles. The third-order valence-electron chi connectivity index (χ3n) is 2.57. The van der Waals surface area contributed by atoms with Crippen LogP contribution in [-0.2, 0) is 14.8 Å². The van der Waals surface area contributed by atoms with Crippen LogP contribution in [0.25, 0.3) is 0 Å². The molecule has 1 aliphatic heterocycles. The highest BCUT2D eigenvalue weighted by Gasteiger charge is 2.25. The van der Waals surface area contributed by atoms with Crippen LogP contribution in [0.5, 0.6) is 0 Å². The summed E-state index contributed by atoms with van der Waals surface area (Å²) in [5.41, 5.74) is 5.31. The van der Waals surface area contributed by atoms with E-state index in [2.05, 4.69) is 0 Å². The first kappa shape index (κ1) is 12.9. The van der Waals surface area contributed by atoms with Crippen molar-refractivity contribution in [3.8, 4) is 0 Å². The van der Waals surface area contributed by atoms with Crippen LogP contribution in [0.4, 0.5) is 0 Å². The first-order valence-electron chi connectivity index (χ1n) is 5.27. The minimum atomic E-state index is -3.04. The van der Waals surface area contributed by atoms with E-state index in [1.54, 1.807) is 0 Å². The zero-order valence-corrected chi connectivity index (χ0v) is 10.0. The minimum Gasteiger partial charge on any atom is -0.380 e. The standard InChI is InChI=1S/C9H20N2O3S/c1-15(12,13)11-5-2-3-9(7-11)8-14-6-4-10/h9H,2-8,10H2,1H3. The first-order chi connectivity index (χ1) is 7.04. The molecule has 1 heterocycles. The summed E-state index contributed by atoms with van der Waals surface area (Å²) in [5, 5.41) is 0. The number of hydrogen-bond donors (Lipinski definition) is 1. The van der Waals surface area contributed by atoms with E-state index in [-0.39, 0.29) is 0 Å². The van der Waals surface area contributed by atoms with Gasteiger partial charge in [-0.3, -0.25) is 0 Å². The Balaban J connectivity index is 2.36. The van der Waals surface area contributed by atoms with E-state index in [4.69, 9.17) is 10.5 Å². The number of sulfonamides is 1. The third kappa shape index (κ3) is 4.46. The molecule has 0 aromatic heterocycles. The average Bonchev–Trinajstić information content (AvgIpc) is 2.17. The smallest absolute Gasteiger partial charge is 0.211 e. The molecule has 1 unspecified atom stereocenters. The fraction of sp³-hybridized carbons (Fsp3) is 1.00. The van der Waals surface area contributed by atoms with Crippen LogP contribution >= 0.6 is 0 Å². The maximum absolute atomic E-state index is 11.3. The second-order valence-corrected chi connectivity index (χ2v) is 5.98. The molecule has 0 saturated carbocycles. The van der Waals surface area contributed by atoms with E-state index in [0.29, 0.717) is 38.8 Å². The summed E-state index contributed by atoms with van der Waals surface area (Å²) >= 11 is 0. The number of hydrogen-bond acceptors (Lipinski definition) is 4. The van der Waals surface area contributed by atoms with Gasteiger partial charge in [-0.25, -0.2) is 12.7 Å². The zero-order chi connectivity index (χ0) is 11.3. The lowest BCUT2D eigenvalue weighted by Crippen LogP contribution is -2.40. The van der Waals surface area contributed by atoms with Crippen molar-refractivity contribution in [3.05, 3.63) is 0 Å². The predicted octanol–water partition coefficient (Wildman–Crippen LogP) is -0.367. The summed E-state index contributed by atoms with van der Waals surface area (Å²) in [6, 6.07) is 0. The molecule has 1 aliphatic rings. The van der Waals surface area contributed by atoms with Gasteiger partial charge in [0.25, 0.3) is 0 Å². The maximum atomic E-state index is 11.3. The van der Waals surface area contributed by atoms with E-state index in [1.807, 2.05) is 0 Å². The van der Waals surface area contributed by atoms with Crippen LogP contribution in [-0.4, -0.2) is 51.8 Å². The minimum absolute atomic E-state index is 0.319. The lowest BCUT2D eigenvalue weighted by Gasteiger charge is -2.30. The van der Waals surface area contributed by atoms with E-state index < -0.39 is 10.0 Å². The average molecular weight is 236 g/mol. The molecule has 0 aromatic rings. The molecule has 0 radical (unpaired) electrons. The number of piperidine rings is 1. The van der Waals surface area contributed by atoms with Gasteiger partial charge in [0, 0.05) is 19.6 Å². The van der Waals surface area contributed by atoms with Crippen molar-refractivity contribution in [1.82, 2.24) is 4.31 Å². The Kier molecular flexibility index (Phi) is 4.98. The molecule has 1 saturated heterocycles. The van der Waals surface area contributed by atoms with Gasteiger partial charge < -0.3 is 10.5 Å². The molecule has 1 atom stereocenters. The van der Waals surface area contributed by atoms with Gasteiger partial charge in [-0.05, 0) is 18.8 Å². The van der Waals surface area contributed by atoms with Crippen LogP contribution < -0.4 is 5.73 Å². The Morgan fingerprint density at radius 2 is 2.27 bits per heavy atom. The largest absolute Gasteiger partial charge is 0.380 e. The molecule has 0 spiro atoms. The van der Waals surface area contributed by atoms with Crippen LogP contribution in [0, 0.1) is 5.92 Å². The highest BCUT2D eigenvalue weighted by atomic mass is 32.2. The van der Waals surface area contributed by atoms with Crippen LogP contribution in [0.1, 0.15) is 12.8 Å². The molecule has 0 amide bonds. The second-order valence-electron chi connectivity index (χ2n) is 3.99. The monoisotopic (exact) mass is 236 g/mol. The molecule has 5 nitrogen and oxygen atoms in total. The molecule has 90 valence electrons. The molecule has 15 heavy (non-hydrogen) atoms. The number of nitrogens with zero attached hydrogens (tertiary/aromatic N) is 1. The van der Waals surface area contributed by atoms with Crippen molar-refractivity contribution in [2.45, 2.75) is 12.8 Å². The highest BCUT2D eigenvalue weighted by molar-refractivity contribution is 7.88. The maximum Gasteiger partial charge on any atom is 0.211 e. The predicted molar refractivity (Wildman–Crippen MR) is 59.0 cm³/mol. The Morgan fingerprint density at radius 1 is 1.53 bits per heavy atom. The summed E-state index contributed by atoms with van der Waals surface area (Å²) in [6.07, 6.45) is 3.22.